The lowest BCUT2D eigenvalue weighted by atomic mass is 10.1. The first kappa shape index (κ1) is 10.2. The van der Waals surface area contributed by atoms with Crippen molar-refractivity contribution in [3.63, 3.8) is 0 Å². The zero-order valence-electron chi connectivity index (χ0n) is 6.31. The Labute approximate surface area is 63.2 Å². The molecule has 1 unspecified atom stereocenters. The number of nitriles is 1. The van der Waals surface area contributed by atoms with E-state index in [1.54, 1.807) is 0 Å². The first-order valence-corrected chi connectivity index (χ1v) is 2.99. The zero-order chi connectivity index (χ0) is 9.07. The number of alkyl halides is 3. The maximum absolute atomic E-state index is 11.8. The van der Waals surface area contributed by atoms with Gasteiger partial charge in [-0.05, 0) is 14.1 Å². The van der Waals surface area contributed by atoms with Gasteiger partial charge in [0, 0.05) is 6.54 Å². The summed E-state index contributed by atoms with van der Waals surface area (Å²) in [5.74, 6) is -1.88. The molecule has 0 N–H and O–H groups in total. The number of rotatable bonds is 2. The highest BCUT2D eigenvalue weighted by molar-refractivity contribution is 4.89. The molecule has 2 nitrogen and oxygen atoms in total. The van der Waals surface area contributed by atoms with E-state index in [4.69, 9.17) is 5.26 Å². The molecule has 0 amide bonds. The van der Waals surface area contributed by atoms with Gasteiger partial charge in [0.1, 0.15) is 0 Å². The van der Waals surface area contributed by atoms with Crippen LogP contribution in [-0.4, -0.2) is 31.7 Å². The molecule has 0 bridgehead atoms. The SMILES string of the molecule is CN(C)CC(C#N)C(F)(F)F. The molecular formula is C6H9F3N2. The van der Waals surface area contributed by atoms with Crippen molar-refractivity contribution in [3.8, 4) is 6.07 Å². The van der Waals surface area contributed by atoms with E-state index in [0.29, 0.717) is 0 Å². The second kappa shape index (κ2) is 3.58. The van der Waals surface area contributed by atoms with Crippen molar-refractivity contribution >= 4 is 0 Å². The third-order valence-corrected chi connectivity index (χ3v) is 1.10. The van der Waals surface area contributed by atoms with Gasteiger partial charge >= 0.3 is 6.18 Å². The summed E-state index contributed by atoms with van der Waals surface area (Å²) in [5, 5.41) is 8.11. The van der Waals surface area contributed by atoms with E-state index in [1.807, 2.05) is 0 Å². The summed E-state index contributed by atoms with van der Waals surface area (Å²) < 4.78 is 35.5. The number of hydrogen-bond acceptors (Lipinski definition) is 2. The molecule has 0 saturated carbocycles. The molecular weight excluding hydrogens is 157 g/mol. The fourth-order valence-corrected chi connectivity index (χ4v) is 0.583. The van der Waals surface area contributed by atoms with E-state index in [0.717, 1.165) is 0 Å². The zero-order valence-corrected chi connectivity index (χ0v) is 6.31. The van der Waals surface area contributed by atoms with Crippen molar-refractivity contribution in [2.24, 2.45) is 5.92 Å². The fraction of sp³-hybridized carbons (Fsp3) is 0.833. The van der Waals surface area contributed by atoms with Crippen LogP contribution in [-0.2, 0) is 0 Å². The quantitative estimate of drug-likeness (QED) is 0.617. The standard InChI is InChI=1S/C6H9F3N2/c1-11(2)4-5(3-10)6(7,8)9/h5H,4H2,1-2H3. The van der Waals surface area contributed by atoms with Crippen LogP contribution >= 0.6 is 0 Å². The van der Waals surface area contributed by atoms with Crippen molar-refractivity contribution in [2.45, 2.75) is 6.18 Å². The lowest BCUT2D eigenvalue weighted by Crippen LogP contribution is -2.31. The summed E-state index contributed by atoms with van der Waals surface area (Å²) in [6.07, 6.45) is -4.40. The monoisotopic (exact) mass is 166 g/mol. The lowest BCUT2D eigenvalue weighted by Gasteiger charge is -2.16. The van der Waals surface area contributed by atoms with Gasteiger partial charge in [-0.15, -0.1) is 0 Å². The Balaban J connectivity index is 4.11. The third kappa shape index (κ3) is 3.83. The predicted molar refractivity (Wildman–Crippen MR) is 33.7 cm³/mol. The summed E-state index contributed by atoms with van der Waals surface area (Å²) in [7, 11) is 2.99. The van der Waals surface area contributed by atoms with Crippen molar-refractivity contribution in [1.82, 2.24) is 4.90 Å². The molecule has 0 saturated heterocycles. The van der Waals surface area contributed by atoms with Crippen LogP contribution < -0.4 is 0 Å². The van der Waals surface area contributed by atoms with Crippen LogP contribution in [0.3, 0.4) is 0 Å². The third-order valence-electron chi connectivity index (χ3n) is 1.10. The van der Waals surface area contributed by atoms with E-state index in [-0.39, 0.29) is 6.54 Å². The minimum Gasteiger partial charge on any atom is -0.308 e. The van der Waals surface area contributed by atoms with Gasteiger partial charge in [0.15, 0.2) is 5.92 Å². The molecule has 0 rings (SSSR count). The van der Waals surface area contributed by atoms with Gasteiger partial charge in [-0.1, -0.05) is 0 Å². The Hall–Kier alpha value is -0.760. The Kier molecular flexibility index (Phi) is 3.33. The maximum atomic E-state index is 11.8. The molecule has 0 aromatic heterocycles. The molecule has 0 radical (unpaired) electrons. The molecule has 0 aliphatic carbocycles. The van der Waals surface area contributed by atoms with Gasteiger partial charge in [-0.25, -0.2) is 0 Å². The number of hydrogen-bond donors (Lipinski definition) is 0. The summed E-state index contributed by atoms with van der Waals surface area (Å²) in [5.41, 5.74) is 0. The molecule has 1 atom stereocenters. The van der Waals surface area contributed by atoms with Crippen LogP contribution in [0.5, 0.6) is 0 Å². The Morgan fingerprint density at radius 2 is 1.91 bits per heavy atom. The van der Waals surface area contributed by atoms with Crippen LogP contribution in [0.1, 0.15) is 0 Å². The van der Waals surface area contributed by atoms with E-state index in [2.05, 4.69) is 0 Å². The van der Waals surface area contributed by atoms with Gasteiger partial charge in [-0.3, -0.25) is 0 Å². The van der Waals surface area contributed by atoms with Gasteiger partial charge in [0.2, 0.25) is 0 Å². The predicted octanol–water partition coefficient (Wildman–Crippen LogP) is 1.25. The molecule has 0 aromatic rings. The van der Waals surface area contributed by atoms with Crippen molar-refractivity contribution in [3.05, 3.63) is 0 Å². The highest BCUT2D eigenvalue weighted by atomic mass is 19.4. The average molecular weight is 166 g/mol. The lowest BCUT2D eigenvalue weighted by molar-refractivity contribution is -0.161. The van der Waals surface area contributed by atoms with Crippen LogP contribution in [0.15, 0.2) is 0 Å². The topological polar surface area (TPSA) is 27.0 Å². The molecule has 0 aliphatic rings. The fourth-order valence-electron chi connectivity index (χ4n) is 0.583. The van der Waals surface area contributed by atoms with Crippen LogP contribution in [0, 0.1) is 17.2 Å². The minimum atomic E-state index is -4.40. The second-order valence-corrected chi connectivity index (χ2v) is 2.49. The van der Waals surface area contributed by atoms with Crippen molar-refractivity contribution in [1.29, 1.82) is 5.26 Å². The van der Waals surface area contributed by atoms with Crippen LogP contribution in [0.25, 0.3) is 0 Å². The Morgan fingerprint density at radius 3 is 2.00 bits per heavy atom. The molecule has 64 valence electrons. The summed E-state index contributed by atoms with van der Waals surface area (Å²) in [4.78, 5) is 1.33. The van der Waals surface area contributed by atoms with Gasteiger partial charge in [0.05, 0.1) is 6.07 Å². The summed E-state index contributed by atoms with van der Waals surface area (Å²) in [6.45, 7) is -0.278. The Morgan fingerprint density at radius 1 is 1.45 bits per heavy atom. The molecule has 0 fully saturated rings. The maximum Gasteiger partial charge on any atom is 0.405 e. The number of nitrogens with zero attached hydrogens (tertiary/aromatic N) is 2. The van der Waals surface area contributed by atoms with Crippen LogP contribution in [0.4, 0.5) is 13.2 Å². The molecule has 0 aromatic carbocycles. The van der Waals surface area contributed by atoms with E-state index < -0.39 is 12.1 Å². The Bertz CT molecular complexity index is 156. The number of halogens is 3. The van der Waals surface area contributed by atoms with E-state index in [9.17, 15) is 13.2 Å². The van der Waals surface area contributed by atoms with Crippen LogP contribution in [0.2, 0.25) is 0 Å². The van der Waals surface area contributed by atoms with Crippen molar-refractivity contribution in [2.75, 3.05) is 20.6 Å². The largest absolute Gasteiger partial charge is 0.405 e. The van der Waals surface area contributed by atoms with Gasteiger partial charge in [0.25, 0.3) is 0 Å². The normalized spacial score (nSPS) is 14.6. The highest BCUT2D eigenvalue weighted by Gasteiger charge is 2.39. The second-order valence-electron chi connectivity index (χ2n) is 2.49. The first-order chi connectivity index (χ1) is 4.88. The van der Waals surface area contributed by atoms with Gasteiger partial charge < -0.3 is 4.90 Å². The first-order valence-electron chi connectivity index (χ1n) is 2.99. The molecule has 0 spiro atoms. The molecule has 11 heavy (non-hydrogen) atoms. The van der Waals surface area contributed by atoms with E-state index in [1.165, 1.54) is 25.1 Å². The highest BCUT2D eigenvalue weighted by Crippen LogP contribution is 2.25. The van der Waals surface area contributed by atoms with Gasteiger partial charge in [-0.2, -0.15) is 18.4 Å². The molecule has 0 heterocycles. The van der Waals surface area contributed by atoms with Crippen molar-refractivity contribution < 1.29 is 13.2 Å². The summed E-state index contributed by atoms with van der Waals surface area (Å²) >= 11 is 0. The average Bonchev–Trinajstić information content (AvgIpc) is 1.79. The summed E-state index contributed by atoms with van der Waals surface area (Å²) in [6, 6.07) is 1.21. The minimum absolute atomic E-state index is 0.278. The van der Waals surface area contributed by atoms with E-state index >= 15 is 0 Å². The molecule has 5 heteroatoms. The molecule has 0 aliphatic heterocycles. The smallest absolute Gasteiger partial charge is 0.308 e.